The third-order valence-corrected chi connectivity index (χ3v) is 4.58. The Morgan fingerprint density at radius 2 is 2.10 bits per heavy atom. The molecule has 1 saturated heterocycles. The van der Waals surface area contributed by atoms with Crippen LogP contribution in [0.1, 0.15) is 24.8 Å². The maximum absolute atomic E-state index is 12.2. The molecule has 1 aliphatic carbocycles. The molecule has 2 fully saturated rings. The van der Waals surface area contributed by atoms with Crippen LogP contribution < -0.4 is 11.1 Å². The van der Waals surface area contributed by atoms with Crippen molar-refractivity contribution in [3.63, 3.8) is 0 Å². The SMILES string of the molecule is NCC1(C(=O)NC2CCN(Cc3ccccc3)C2)CC1. The van der Waals surface area contributed by atoms with Gasteiger partial charge in [0.2, 0.25) is 5.91 Å². The second kappa shape index (κ2) is 5.54. The minimum Gasteiger partial charge on any atom is -0.352 e. The number of nitrogens with one attached hydrogen (secondary N) is 1. The number of carbonyl (C=O) groups excluding carboxylic acids is 1. The van der Waals surface area contributed by atoms with Crippen LogP contribution in [-0.4, -0.2) is 36.5 Å². The van der Waals surface area contributed by atoms with Crippen LogP contribution in [0, 0.1) is 5.41 Å². The lowest BCUT2D eigenvalue weighted by Gasteiger charge is -2.19. The first-order valence-corrected chi connectivity index (χ1v) is 7.49. The molecule has 4 nitrogen and oxygen atoms in total. The van der Waals surface area contributed by atoms with Gasteiger partial charge in [0.1, 0.15) is 0 Å². The van der Waals surface area contributed by atoms with E-state index in [9.17, 15) is 4.79 Å². The quantitative estimate of drug-likeness (QED) is 0.845. The number of amides is 1. The average Bonchev–Trinajstić information content (AvgIpc) is 3.17. The molecule has 0 aromatic heterocycles. The molecule has 0 radical (unpaired) electrons. The Labute approximate surface area is 120 Å². The Hall–Kier alpha value is -1.39. The van der Waals surface area contributed by atoms with Crippen LogP contribution in [-0.2, 0) is 11.3 Å². The third-order valence-electron chi connectivity index (χ3n) is 4.58. The number of likely N-dealkylation sites (tertiary alicyclic amines) is 1. The zero-order valence-electron chi connectivity index (χ0n) is 11.8. The van der Waals surface area contributed by atoms with Gasteiger partial charge in [-0.1, -0.05) is 30.3 Å². The van der Waals surface area contributed by atoms with Gasteiger partial charge in [0.15, 0.2) is 0 Å². The number of nitrogens with two attached hydrogens (primary N) is 1. The standard InChI is InChI=1S/C16H23N3O/c17-12-16(7-8-16)15(20)18-14-6-9-19(11-14)10-13-4-2-1-3-5-13/h1-5,14H,6-12,17H2,(H,18,20). The van der Waals surface area contributed by atoms with Gasteiger partial charge in [-0.2, -0.15) is 0 Å². The van der Waals surface area contributed by atoms with Crippen molar-refractivity contribution in [1.82, 2.24) is 10.2 Å². The van der Waals surface area contributed by atoms with Gasteiger partial charge in [-0.05, 0) is 24.8 Å². The highest BCUT2D eigenvalue weighted by molar-refractivity contribution is 5.85. The van der Waals surface area contributed by atoms with Crippen molar-refractivity contribution in [3.8, 4) is 0 Å². The van der Waals surface area contributed by atoms with E-state index in [-0.39, 0.29) is 17.4 Å². The molecular formula is C16H23N3O. The molecule has 3 rings (SSSR count). The number of nitrogens with zero attached hydrogens (tertiary/aromatic N) is 1. The van der Waals surface area contributed by atoms with E-state index in [1.54, 1.807) is 0 Å². The number of carbonyl (C=O) groups is 1. The van der Waals surface area contributed by atoms with Crippen LogP contribution in [0.2, 0.25) is 0 Å². The van der Waals surface area contributed by atoms with Gasteiger partial charge in [0.25, 0.3) is 0 Å². The lowest BCUT2D eigenvalue weighted by molar-refractivity contribution is -0.126. The van der Waals surface area contributed by atoms with E-state index in [1.165, 1.54) is 5.56 Å². The Morgan fingerprint density at radius 1 is 1.35 bits per heavy atom. The molecule has 1 saturated carbocycles. The van der Waals surface area contributed by atoms with E-state index in [0.29, 0.717) is 6.54 Å². The monoisotopic (exact) mass is 273 g/mol. The summed E-state index contributed by atoms with van der Waals surface area (Å²) in [6.45, 7) is 3.45. The molecule has 1 atom stereocenters. The Balaban J connectivity index is 1.49. The summed E-state index contributed by atoms with van der Waals surface area (Å²) in [5.41, 5.74) is 6.81. The molecule has 1 aromatic carbocycles. The molecule has 1 aromatic rings. The van der Waals surface area contributed by atoms with Gasteiger partial charge in [0.05, 0.1) is 5.41 Å². The van der Waals surface area contributed by atoms with E-state index in [4.69, 9.17) is 5.73 Å². The fourth-order valence-corrected chi connectivity index (χ4v) is 2.95. The summed E-state index contributed by atoms with van der Waals surface area (Å²) in [5.74, 6) is 0.173. The maximum atomic E-state index is 12.2. The van der Waals surface area contributed by atoms with Crippen LogP contribution in [0.3, 0.4) is 0 Å². The van der Waals surface area contributed by atoms with Crippen LogP contribution in [0.15, 0.2) is 30.3 Å². The number of rotatable bonds is 5. The Bertz CT molecular complexity index is 470. The van der Waals surface area contributed by atoms with Gasteiger partial charge in [-0.3, -0.25) is 9.69 Å². The average molecular weight is 273 g/mol. The van der Waals surface area contributed by atoms with Gasteiger partial charge < -0.3 is 11.1 Å². The molecule has 108 valence electrons. The highest BCUT2D eigenvalue weighted by Crippen LogP contribution is 2.44. The van der Waals surface area contributed by atoms with Crippen LogP contribution in [0.4, 0.5) is 0 Å². The molecule has 4 heteroatoms. The van der Waals surface area contributed by atoms with Crippen molar-refractivity contribution in [1.29, 1.82) is 0 Å². The molecule has 1 aliphatic heterocycles. The molecular weight excluding hydrogens is 250 g/mol. The van der Waals surface area contributed by atoms with E-state index in [1.807, 2.05) is 6.07 Å². The Kier molecular flexibility index (Phi) is 3.76. The smallest absolute Gasteiger partial charge is 0.227 e. The number of benzene rings is 1. The van der Waals surface area contributed by atoms with E-state index < -0.39 is 0 Å². The zero-order valence-corrected chi connectivity index (χ0v) is 11.8. The van der Waals surface area contributed by atoms with Crippen molar-refractivity contribution in [2.75, 3.05) is 19.6 Å². The predicted octanol–water partition coefficient (Wildman–Crippen LogP) is 1.12. The van der Waals surface area contributed by atoms with Crippen LogP contribution >= 0.6 is 0 Å². The second-order valence-electron chi connectivity index (χ2n) is 6.16. The molecule has 1 amide bonds. The number of hydrogen-bond acceptors (Lipinski definition) is 3. The molecule has 0 bridgehead atoms. The summed E-state index contributed by atoms with van der Waals surface area (Å²) in [7, 11) is 0. The topological polar surface area (TPSA) is 58.4 Å². The highest BCUT2D eigenvalue weighted by atomic mass is 16.2. The van der Waals surface area contributed by atoms with Crippen LogP contribution in [0.25, 0.3) is 0 Å². The molecule has 0 spiro atoms. The van der Waals surface area contributed by atoms with E-state index in [2.05, 4.69) is 34.5 Å². The van der Waals surface area contributed by atoms with Gasteiger partial charge in [-0.25, -0.2) is 0 Å². The minimum atomic E-state index is -0.229. The molecule has 1 unspecified atom stereocenters. The molecule has 1 heterocycles. The largest absolute Gasteiger partial charge is 0.352 e. The van der Waals surface area contributed by atoms with Crippen molar-refractivity contribution < 1.29 is 4.79 Å². The Morgan fingerprint density at radius 3 is 2.75 bits per heavy atom. The maximum Gasteiger partial charge on any atom is 0.227 e. The summed E-state index contributed by atoms with van der Waals surface area (Å²) in [6.07, 6.45) is 2.95. The fourth-order valence-electron chi connectivity index (χ4n) is 2.95. The van der Waals surface area contributed by atoms with Crippen molar-refractivity contribution in [2.45, 2.75) is 31.8 Å². The lowest BCUT2D eigenvalue weighted by Crippen LogP contribution is -2.43. The number of hydrogen-bond donors (Lipinski definition) is 2. The van der Waals surface area contributed by atoms with Crippen molar-refractivity contribution >= 4 is 5.91 Å². The minimum absolute atomic E-state index is 0.173. The first-order chi connectivity index (χ1) is 9.72. The molecule has 3 N–H and O–H groups in total. The van der Waals surface area contributed by atoms with Crippen molar-refractivity contribution in [3.05, 3.63) is 35.9 Å². The highest BCUT2D eigenvalue weighted by Gasteiger charge is 2.49. The fraction of sp³-hybridized carbons (Fsp3) is 0.562. The third kappa shape index (κ3) is 2.86. The summed E-state index contributed by atoms with van der Waals surface area (Å²) < 4.78 is 0. The lowest BCUT2D eigenvalue weighted by atomic mass is 10.1. The first-order valence-electron chi connectivity index (χ1n) is 7.49. The van der Waals surface area contributed by atoms with Crippen LogP contribution in [0.5, 0.6) is 0 Å². The second-order valence-corrected chi connectivity index (χ2v) is 6.16. The summed E-state index contributed by atoms with van der Waals surface area (Å²) in [5, 5.41) is 3.19. The molecule has 2 aliphatic rings. The van der Waals surface area contributed by atoms with Gasteiger partial charge in [0, 0.05) is 32.2 Å². The normalized spacial score (nSPS) is 24.6. The van der Waals surface area contributed by atoms with E-state index >= 15 is 0 Å². The summed E-state index contributed by atoms with van der Waals surface area (Å²) >= 11 is 0. The summed E-state index contributed by atoms with van der Waals surface area (Å²) in [4.78, 5) is 14.6. The van der Waals surface area contributed by atoms with Crippen molar-refractivity contribution in [2.24, 2.45) is 11.1 Å². The van der Waals surface area contributed by atoms with Gasteiger partial charge in [-0.15, -0.1) is 0 Å². The molecule has 20 heavy (non-hydrogen) atoms. The zero-order chi connectivity index (χ0) is 14.0. The first kappa shape index (κ1) is 13.6. The summed E-state index contributed by atoms with van der Waals surface area (Å²) in [6, 6.07) is 10.8. The van der Waals surface area contributed by atoms with E-state index in [0.717, 1.165) is 38.9 Å². The predicted molar refractivity (Wildman–Crippen MR) is 79.0 cm³/mol. The van der Waals surface area contributed by atoms with Gasteiger partial charge >= 0.3 is 0 Å².